The zero-order valence-corrected chi connectivity index (χ0v) is 8.00. The van der Waals surface area contributed by atoms with Crippen molar-refractivity contribution in [2.24, 2.45) is 4.40 Å². The Bertz CT molecular complexity index is 313. The van der Waals surface area contributed by atoms with Gasteiger partial charge in [-0.25, -0.2) is 0 Å². The molecule has 1 heterocycles. The highest BCUT2D eigenvalue weighted by atomic mass is 32.2. The van der Waals surface area contributed by atoms with Crippen LogP contribution in [-0.2, 0) is 10.0 Å². The predicted molar refractivity (Wildman–Crippen MR) is 48.0 cm³/mol. The van der Waals surface area contributed by atoms with Crippen LogP contribution in [0.25, 0.3) is 0 Å². The van der Waals surface area contributed by atoms with E-state index in [1.165, 1.54) is 17.2 Å². The van der Waals surface area contributed by atoms with E-state index in [0.29, 0.717) is 11.5 Å². The average Bonchev–Trinajstić information content (AvgIpc) is 1.83. The Morgan fingerprint density at radius 1 is 1.64 bits per heavy atom. The summed E-state index contributed by atoms with van der Waals surface area (Å²) in [5.41, 5.74) is 0. The summed E-state index contributed by atoms with van der Waals surface area (Å²) in [5.74, 6) is 0. The SMILES string of the molecule is CCC1=NS(=O)(=O)C=C(C)S1. The van der Waals surface area contributed by atoms with Gasteiger partial charge in [0.2, 0.25) is 0 Å². The second-order valence-corrected chi connectivity index (χ2v) is 4.95. The van der Waals surface area contributed by atoms with Gasteiger partial charge in [0.15, 0.2) is 0 Å². The lowest BCUT2D eigenvalue weighted by atomic mass is 10.5. The van der Waals surface area contributed by atoms with Crippen molar-refractivity contribution in [3.63, 3.8) is 0 Å². The molecule has 0 aromatic heterocycles. The van der Waals surface area contributed by atoms with Crippen LogP contribution in [0.3, 0.4) is 0 Å². The van der Waals surface area contributed by atoms with Crippen LogP contribution >= 0.6 is 11.8 Å². The van der Waals surface area contributed by atoms with Gasteiger partial charge in [-0.05, 0) is 13.3 Å². The Labute approximate surface area is 70.6 Å². The van der Waals surface area contributed by atoms with Crippen molar-refractivity contribution >= 4 is 26.8 Å². The lowest BCUT2D eigenvalue weighted by molar-refractivity contribution is 0.606. The molecule has 1 rings (SSSR count). The first-order valence-electron chi connectivity index (χ1n) is 3.23. The number of hydrogen-bond acceptors (Lipinski definition) is 3. The van der Waals surface area contributed by atoms with Crippen LogP contribution in [-0.4, -0.2) is 13.5 Å². The van der Waals surface area contributed by atoms with Crippen molar-refractivity contribution < 1.29 is 8.42 Å². The highest BCUT2D eigenvalue weighted by Crippen LogP contribution is 2.25. The van der Waals surface area contributed by atoms with Crippen molar-refractivity contribution in [2.45, 2.75) is 20.3 Å². The number of allylic oxidation sites excluding steroid dienone is 1. The summed E-state index contributed by atoms with van der Waals surface area (Å²) in [6.45, 7) is 3.66. The molecule has 0 aromatic carbocycles. The minimum Gasteiger partial charge on any atom is -0.200 e. The number of rotatable bonds is 1. The van der Waals surface area contributed by atoms with E-state index in [9.17, 15) is 8.42 Å². The zero-order chi connectivity index (χ0) is 8.48. The third-order valence-electron chi connectivity index (χ3n) is 1.13. The van der Waals surface area contributed by atoms with Gasteiger partial charge < -0.3 is 0 Å². The third-order valence-corrected chi connectivity index (χ3v) is 3.57. The molecule has 5 heteroatoms. The fourth-order valence-electron chi connectivity index (χ4n) is 0.743. The van der Waals surface area contributed by atoms with Gasteiger partial charge in [-0.1, -0.05) is 18.7 Å². The molecule has 11 heavy (non-hydrogen) atoms. The smallest absolute Gasteiger partial charge is 0.200 e. The molecule has 0 aliphatic carbocycles. The zero-order valence-electron chi connectivity index (χ0n) is 6.36. The summed E-state index contributed by atoms with van der Waals surface area (Å²) in [6, 6.07) is 0. The summed E-state index contributed by atoms with van der Waals surface area (Å²) in [6.07, 6.45) is 0.676. The monoisotopic (exact) mass is 191 g/mol. The largest absolute Gasteiger partial charge is 0.276 e. The molecule has 0 fully saturated rings. The lowest BCUT2D eigenvalue weighted by Gasteiger charge is -2.07. The second kappa shape index (κ2) is 2.98. The maximum Gasteiger partial charge on any atom is 0.276 e. The maximum atomic E-state index is 11.0. The van der Waals surface area contributed by atoms with Crippen molar-refractivity contribution in [3.05, 3.63) is 10.3 Å². The Morgan fingerprint density at radius 2 is 2.27 bits per heavy atom. The highest BCUT2D eigenvalue weighted by Gasteiger charge is 2.14. The molecule has 1 aliphatic rings. The van der Waals surface area contributed by atoms with Gasteiger partial charge in [0.25, 0.3) is 10.0 Å². The molecule has 0 atom stereocenters. The van der Waals surface area contributed by atoms with E-state index in [1.807, 2.05) is 6.92 Å². The highest BCUT2D eigenvalue weighted by molar-refractivity contribution is 8.19. The van der Waals surface area contributed by atoms with Crippen LogP contribution in [0.1, 0.15) is 20.3 Å². The van der Waals surface area contributed by atoms with Gasteiger partial charge in [-0.15, -0.1) is 0 Å². The lowest BCUT2D eigenvalue weighted by Crippen LogP contribution is -2.02. The van der Waals surface area contributed by atoms with Crippen LogP contribution < -0.4 is 0 Å². The number of nitrogens with zero attached hydrogens (tertiary/aromatic N) is 1. The summed E-state index contributed by atoms with van der Waals surface area (Å²) in [7, 11) is -3.29. The van der Waals surface area contributed by atoms with Gasteiger partial charge in [0.1, 0.15) is 0 Å². The fraction of sp³-hybridized carbons (Fsp3) is 0.500. The molecule has 0 radical (unpaired) electrons. The van der Waals surface area contributed by atoms with Gasteiger partial charge >= 0.3 is 0 Å². The van der Waals surface area contributed by atoms with Crippen molar-refractivity contribution in [1.82, 2.24) is 0 Å². The number of sulfonamides is 1. The van der Waals surface area contributed by atoms with E-state index >= 15 is 0 Å². The third kappa shape index (κ3) is 2.34. The standard InChI is InChI=1S/C6H9NO2S2/c1-3-6-7-11(8,9)4-5(2)10-6/h4H,3H2,1-2H3. The minimum atomic E-state index is -3.29. The van der Waals surface area contributed by atoms with Crippen LogP contribution in [0.2, 0.25) is 0 Å². The predicted octanol–water partition coefficient (Wildman–Crippen LogP) is 1.73. The molecular formula is C6H9NO2S2. The van der Waals surface area contributed by atoms with Crippen LogP contribution in [0.15, 0.2) is 14.7 Å². The first kappa shape index (κ1) is 8.80. The minimum absolute atomic E-state index is 0.671. The molecule has 0 saturated heterocycles. The Hall–Kier alpha value is -0.290. The van der Waals surface area contributed by atoms with E-state index in [4.69, 9.17) is 0 Å². The second-order valence-electron chi connectivity index (χ2n) is 2.18. The van der Waals surface area contributed by atoms with Gasteiger partial charge in [-0.2, -0.15) is 12.8 Å². The first-order chi connectivity index (χ1) is 5.03. The molecule has 0 bridgehead atoms. The molecule has 0 unspecified atom stereocenters. The first-order valence-corrected chi connectivity index (χ1v) is 5.55. The summed E-state index contributed by atoms with van der Waals surface area (Å²) >= 11 is 1.42. The van der Waals surface area contributed by atoms with Crippen molar-refractivity contribution in [1.29, 1.82) is 0 Å². The Balaban J connectivity index is 3.03. The fourth-order valence-corrected chi connectivity index (χ4v) is 3.16. The van der Waals surface area contributed by atoms with Crippen molar-refractivity contribution in [2.75, 3.05) is 0 Å². The molecule has 0 amide bonds. The summed E-state index contributed by atoms with van der Waals surface area (Å²) in [4.78, 5) is 0.789. The van der Waals surface area contributed by atoms with Crippen LogP contribution in [0.4, 0.5) is 0 Å². The van der Waals surface area contributed by atoms with Gasteiger partial charge in [-0.3, -0.25) is 0 Å². The quantitative estimate of drug-likeness (QED) is 0.634. The molecule has 3 nitrogen and oxygen atoms in total. The molecular weight excluding hydrogens is 182 g/mol. The van der Waals surface area contributed by atoms with Crippen molar-refractivity contribution in [3.8, 4) is 0 Å². The summed E-state index contributed by atoms with van der Waals surface area (Å²) < 4.78 is 25.5. The molecule has 0 aromatic rings. The topological polar surface area (TPSA) is 46.5 Å². The Morgan fingerprint density at radius 3 is 2.73 bits per heavy atom. The average molecular weight is 191 g/mol. The number of thioether (sulfide) groups is 1. The summed E-state index contributed by atoms with van der Waals surface area (Å²) in [5, 5.41) is 1.86. The van der Waals surface area contributed by atoms with Gasteiger partial charge in [0, 0.05) is 4.91 Å². The van der Waals surface area contributed by atoms with E-state index in [1.54, 1.807) is 6.92 Å². The van der Waals surface area contributed by atoms with Crippen LogP contribution in [0, 0.1) is 0 Å². The molecule has 0 spiro atoms. The van der Waals surface area contributed by atoms with E-state index in [-0.39, 0.29) is 0 Å². The number of hydrogen-bond donors (Lipinski definition) is 0. The van der Waals surface area contributed by atoms with Crippen LogP contribution in [0.5, 0.6) is 0 Å². The maximum absolute atomic E-state index is 11.0. The van der Waals surface area contributed by atoms with E-state index in [0.717, 1.165) is 4.91 Å². The molecule has 62 valence electrons. The Kier molecular flexibility index (Phi) is 2.39. The molecule has 0 N–H and O–H groups in total. The molecule has 0 saturated carbocycles. The molecule has 1 aliphatic heterocycles. The normalized spacial score (nSPS) is 22.4. The van der Waals surface area contributed by atoms with Gasteiger partial charge in [0.05, 0.1) is 10.5 Å². The van der Waals surface area contributed by atoms with E-state index in [2.05, 4.69) is 4.40 Å². The van der Waals surface area contributed by atoms with E-state index < -0.39 is 10.0 Å².